The highest BCUT2D eigenvalue weighted by Crippen LogP contribution is 2.23. The van der Waals surface area contributed by atoms with E-state index in [1.807, 2.05) is 0 Å². The molecule has 18 heavy (non-hydrogen) atoms. The minimum absolute atomic E-state index is 0.132. The molecule has 1 aromatic rings. The number of nitrogens with one attached hydrogen (secondary N) is 1. The molecule has 7 heteroatoms. The molecule has 0 saturated carbocycles. The van der Waals surface area contributed by atoms with Crippen LogP contribution in [0.15, 0.2) is 27.6 Å². The van der Waals surface area contributed by atoms with Crippen molar-refractivity contribution in [3.8, 4) is 0 Å². The van der Waals surface area contributed by atoms with E-state index in [0.29, 0.717) is 10.2 Å². The molecule has 0 aliphatic carbocycles. The number of hydrogen-bond donors (Lipinski definition) is 2. The van der Waals surface area contributed by atoms with Gasteiger partial charge in [-0.3, -0.25) is 0 Å². The molecule has 5 nitrogen and oxygen atoms in total. The molecule has 0 aliphatic heterocycles. The Morgan fingerprint density at radius 2 is 2.06 bits per heavy atom. The lowest BCUT2D eigenvalue weighted by Gasteiger charge is -2.25. The summed E-state index contributed by atoms with van der Waals surface area (Å²) in [6, 6.07) is 4.51. The van der Waals surface area contributed by atoms with Gasteiger partial charge in [-0.2, -0.15) is 0 Å². The zero-order valence-corrected chi connectivity index (χ0v) is 12.9. The van der Waals surface area contributed by atoms with E-state index in [2.05, 4.69) is 20.7 Å². The van der Waals surface area contributed by atoms with Crippen LogP contribution < -0.4 is 10.5 Å². The quantitative estimate of drug-likeness (QED) is 0.802. The molecule has 0 unspecified atom stereocenters. The smallest absolute Gasteiger partial charge is 0.241 e. The first-order valence-corrected chi connectivity index (χ1v) is 7.53. The van der Waals surface area contributed by atoms with Crippen molar-refractivity contribution < 1.29 is 13.2 Å². The summed E-state index contributed by atoms with van der Waals surface area (Å²) in [5, 5.41) is 0. The standard InChI is InChI=1S/C11H17BrN2O3S/c1-11(2,7-17-3)14-18(15,16)8-4-5-9(12)10(13)6-8/h4-6,14H,7,13H2,1-3H3. The number of hydrogen-bond acceptors (Lipinski definition) is 4. The Hall–Kier alpha value is -0.630. The number of methoxy groups -OCH3 is 1. The average molecular weight is 337 g/mol. The second-order valence-corrected chi connectivity index (χ2v) is 7.14. The SMILES string of the molecule is COCC(C)(C)NS(=O)(=O)c1ccc(Br)c(N)c1. The summed E-state index contributed by atoms with van der Waals surface area (Å²) in [4.78, 5) is 0.132. The fourth-order valence-corrected chi connectivity index (χ4v) is 3.18. The van der Waals surface area contributed by atoms with Crippen LogP contribution in [0.25, 0.3) is 0 Å². The van der Waals surface area contributed by atoms with Crippen molar-refractivity contribution in [1.29, 1.82) is 0 Å². The second-order valence-electron chi connectivity index (χ2n) is 4.61. The zero-order valence-electron chi connectivity index (χ0n) is 10.5. The molecule has 0 radical (unpaired) electrons. The van der Waals surface area contributed by atoms with Gasteiger partial charge in [0.05, 0.1) is 17.0 Å². The van der Waals surface area contributed by atoms with Crippen LogP contribution in [0.4, 0.5) is 5.69 Å². The summed E-state index contributed by atoms with van der Waals surface area (Å²) in [6.45, 7) is 3.77. The maximum absolute atomic E-state index is 12.1. The van der Waals surface area contributed by atoms with Gasteiger partial charge in [0.25, 0.3) is 0 Å². The lowest BCUT2D eigenvalue weighted by atomic mass is 10.1. The van der Waals surface area contributed by atoms with Crippen molar-refractivity contribution in [2.45, 2.75) is 24.3 Å². The summed E-state index contributed by atoms with van der Waals surface area (Å²) in [5.41, 5.74) is 5.37. The van der Waals surface area contributed by atoms with Crippen LogP contribution in [0.3, 0.4) is 0 Å². The zero-order chi connectivity index (χ0) is 14.0. The Balaban J connectivity index is 3.03. The highest BCUT2D eigenvalue weighted by molar-refractivity contribution is 9.10. The van der Waals surface area contributed by atoms with Gasteiger partial charge in [0.15, 0.2) is 0 Å². The number of benzene rings is 1. The highest BCUT2D eigenvalue weighted by Gasteiger charge is 2.26. The molecule has 0 saturated heterocycles. The fraction of sp³-hybridized carbons (Fsp3) is 0.455. The third kappa shape index (κ3) is 3.94. The number of nitrogen functional groups attached to an aromatic ring is 1. The average Bonchev–Trinajstić information content (AvgIpc) is 2.20. The van der Waals surface area contributed by atoms with Gasteiger partial charge in [-0.25, -0.2) is 13.1 Å². The van der Waals surface area contributed by atoms with Gasteiger partial charge >= 0.3 is 0 Å². The first kappa shape index (κ1) is 15.4. The van der Waals surface area contributed by atoms with Crippen LogP contribution >= 0.6 is 15.9 Å². The minimum atomic E-state index is -3.61. The number of sulfonamides is 1. The molecule has 0 bridgehead atoms. The Morgan fingerprint density at radius 3 is 2.56 bits per heavy atom. The third-order valence-corrected chi connectivity index (χ3v) is 4.61. The molecule has 1 aromatic carbocycles. The van der Waals surface area contributed by atoms with Gasteiger partial charge in [0, 0.05) is 17.3 Å². The fourth-order valence-electron chi connectivity index (χ4n) is 1.50. The number of nitrogens with two attached hydrogens (primary N) is 1. The normalized spacial score (nSPS) is 12.7. The molecule has 0 spiro atoms. The van der Waals surface area contributed by atoms with E-state index < -0.39 is 15.6 Å². The Morgan fingerprint density at radius 1 is 1.44 bits per heavy atom. The van der Waals surface area contributed by atoms with Crippen molar-refractivity contribution >= 4 is 31.6 Å². The minimum Gasteiger partial charge on any atom is -0.398 e. The van der Waals surface area contributed by atoms with Crippen molar-refractivity contribution in [3.05, 3.63) is 22.7 Å². The third-order valence-electron chi connectivity index (χ3n) is 2.19. The lowest BCUT2D eigenvalue weighted by molar-refractivity contribution is 0.141. The van der Waals surface area contributed by atoms with Gasteiger partial charge in [0.2, 0.25) is 10.0 Å². The summed E-state index contributed by atoms with van der Waals surface area (Å²) in [6.07, 6.45) is 0. The topological polar surface area (TPSA) is 81.4 Å². The molecule has 0 aromatic heterocycles. The van der Waals surface area contributed by atoms with Crippen LogP contribution in [0.1, 0.15) is 13.8 Å². The van der Waals surface area contributed by atoms with E-state index in [4.69, 9.17) is 10.5 Å². The molecule has 0 atom stereocenters. The predicted octanol–water partition coefficient (Wildman–Crippen LogP) is 1.73. The van der Waals surface area contributed by atoms with Gasteiger partial charge in [-0.1, -0.05) is 0 Å². The summed E-state index contributed by atoms with van der Waals surface area (Å²) >= 11 is 3.22. The van der Waals surface area contributed by atoms with E-state index in [1.54, 1.807) is 19.9 Å². The number of anilines is 1. The first-order chi connectivity index (χ1) is 8.18. The molecule has 102 valence electrons. The van der Waals surface area contributed by atoms with Crippen molar-refractivity contribution in [3.63, 3.8) is 0 Å². The van der Waals surface area contributed by atoms with Crippen LogP contribution in [0.5, 0.6) is 0 Å². The Kier molecular flexibility index (Phi) is 4.77. The Bertz CT molecular complexity index is 529. The molecule has 3 N–H and O–H groups in total. The summed E-state index contributed by atoms with van der Waals surface area (Å²) in [7, 11) is -2.09. The van der Waals surface area contributed by atoms with E-state index in [1.165, 1.54) is 19.2 Å². The summed E-state index contributed by atoms with van der Waals surface area (Å²) in [5.74, 6) is 0. The molecular weight excluding hydrogens is 320 g/mol. The summed E-state index contributed by atoms with van der Waals surface area (Å²) < 4.78 is 32.5. The monoisotopic (exact) mass is 336 g/mol. The lowest BCUT2D eigenvalue weighted by Crippen LogP contribution is -2.46. The number of halogens is 1. The predicted molar refractivity (Wildman–Crippen MR) is 74.8 cm³/mol. The van der Waals surface area contributed by atoms with E-state index >= 15 is 0 Å². The van der Waals surface area contributed by atoms with Crippen LogP contribution in [-0.2, 0) is 14.8 Å². The van der Waals surface area contributed by atoms with E-state index in [9.17, 15) is 8.42 Å². The van der Waals surface area contributed by atoms with Crippen LogP contribution in [0.2, 0.25) is 0 Å². The maximum Gasteiger partial charge on any atom is 0.241 e. The van der Waals surface area contributed by atoms with Gasteiger partial charge in [0.1, 0.15) is 0 Å². The van der Waals surface area contributed by atoms with Gasteiger partial charge < -0.3 is 10.5 Å². The number of ether oxygens (including phenoxy) is 1. The molecule has 1 rings (SSSR count). The molecule has 0 amide bonds. The number of rotatable bonds is 5. The second kappa shape index (κ2) is 5.56. The van der Waals surface area contributed by atoms with Crippen molar-refractivity contribution in [2.24, 2.45) is 0 Å². The molecule has 0 aliphatic rings. The first-order valence-electron chi connectivity index (χ1n) is 5.26. The van der Waals surface area contributed by atoms with Crippen LogP contribution in [-0.4, -0.2) is 27.7 Å². The Labute approximate surface area is 116 Å². The molecule has 0 fully saturated rings. The van der Waals surface area contributed by atoms with Crippen molar-refractivity contribution in [2.75, 3.05) is 19.5 Å². The molecular formula is C11H17BrN2O3S. The maximum atomic E-state index is 12.1. The van der Waals surface area contributed by atoms with Gasteiger partial charge in [-0.15, -0.1) is 0 Å². The highest BCUT2D eigenvalue weighted by atomic mass is 79.9. The molecule has 0 heterocycles. The largest absolute Gasteiger partial charge is 0.398 e. The van der Waals surface area contributed by atoms with E-state index in [-0.39, 0.29) is 11.5 Å². The van der Waals surface area contributed by atoms with Crippen molar-refractivity contribution in [1.82, 2.24) is 4.72 Å². The van der Waals surface area contributed by atoms with Gasteiger partial charge in [-0.05, 0) is 48.0 Å². The van der Waals surface area contributed by atoms with E-state index in [0.717, 1.165) is 0 Å². The van der Waals surface area contributed by atoms with Crippen LogP contribution in [0, 0.1) is 0 Å².